The minimum Gasteiger partial charge on any atom is -0.350 e. The van der Waals surface area contributed by atoms with E-state index in [9.17, 15) is 4.79 Å². The first-order valence-corrected chi connectivity index (χ1v) is 13.0. The van der Waals surface area contributed by atoms with Gasteiger partial charge >= 0.3 is 0 Å². The normalized spacial score (nSPS) is 15.6. The van der Waals surface area contributed by atoms with Gasteiger partial charge in [0.15, 0.2) is 0 Å². The number of rotatable bonds is 7. The lowest BCUT2D eigenvalue weighted by Crippen LogP contribution is -2.32. The highest BCUT2D eigenvalue weighted by atomic mass is 35.5. The van der Waals surface area contributed by atoms with Gasteiger partial charge in [-0.2, -0.15) is 0 Å². The van der Waals surface area contributed by atoms with Gasteiger partial charge in [-0.1, -0.05) is 56.0 Å². The van der Waals surface area contributed by atoms with Gasteiger partial charge in [-0.15, -0.1) is 11.3 Å². The Kier molecular flexibility index (Phi) is 7.37. The molecule has 1 N–H and O–H groups in total. The van der Waals surface area contributed by atoms with Crippen molar-refractivity contribution in [2.75, 3.05) is 0 Å². The number of carbonyl (C=O) groups excluding carboxylic acids is 1. The fraction of sp³-hybridized carbons (Fsp3) is 0.462. The second-order valence-corrected chi connectivity index (χ2v) is 10.2. The molecular formula is C26H32ClN3OS. The number of aromatic nitrogens is 2. The van der Waals surface area contributed by atoms with E-state index in [0.29, 0.717) is 10.9 Å². The van der Waals surface area contributed by atoms with E-state index >= 15 is 0 Å². The lowest BCUT2D eigenvalue weighted by atomic mass is 9.89. The molecule has 2 heterocycles. The van der Waals surface area contributed by atoms with E-state index in [1.54, 1.807) is 11.3 Å². The molecule has 2 aromatic heterocycles. The SMILES string of the molecule is CCC(C)NC(=O)c1cc(-c2csc(-c3ccccc3Cl)n2)n(CC2CCCCC2)c1C. The van der Waals surface area contributed by atoms with Crippen LogP contribution in [0.5, 0.6) is 0 Å². The van der Waals surface area contributed by atoms with Gasteiger partial charge in [-0.25, -0.2) is 4.98 Å². The largest absolute Gasteiger partial charge is 0.350 e. The first kappa shape index (κ1) is 23.1. The summed E-state index contributed by atoms with van der Waals surface area (Å²) in [7, 11) is 0. The molecule has 1 aliphatic carbocycles. The molecule has 0 spiro atoms. The molecule has 1 saturated carbocycles. The Morgan fingerprint density at radius 3 is 2.75 bits per heavy atom. The summed E-state index contributed by atoms with van der Waals surface area (Å²) >= 11 is 8.01. The molecule has 32 heavy (non-hydrogen) atoms. The van der Waals surface area contributed by atoms with Crippen LogP contribution in [-0.4, -0.2) is 21.5 Å². The topological polar surface area (TPSA) is 46.9 Å². The molecule has 4 nitrogen and oxygen atoms in total. The minimum absolute atomic E-state index is 0.00190. The second-order valence-electron chi connectivity index (χ2n) is 8.94. The van der Waals surface area contributed by atoms with Crippen LogP contribution in [0.4, 0.5) is 0 Å². The third-order valence-corrected chi connectivity index (χ3v) is 7.84. The minimum atomic E-state index is 0.00190. The zero-order valence-electron chi connectivity index (χ0n) is 19.2. The van der Waals surface area contributed by atoms with Crippen LogP contribution in [-0.2, 0) is 6.54 Å². The molecule has 1 aliphatic rings. The smallest absolute Gasteiger partial charge is 0.253 e. The van der Waals surface area contributed by atoms with Crippen LogP contribution in [0.2, 0.25) is 5.02 Å². The molecule has 1 fully saturated rings. The summed E-state index contributed by atoms with van der Waals surface area (Å²) in [4.78, 5) is 18.0. The molecule has 1 amide bonds. The van der Waals surface area contributed by atoms with E-state index in [2.05, 4.69) is 29.1 Å². The fourth-order valence-corrected chi connectivity index (χ4v) is 5.64. The Bertz CT molecular complexity index is 1080. The van der Waals surface area contributed by atoms with Crippen LogP contribution in [0.1, 0.15) is 68.4 Å². The molecular weight excluding hydrogens is 438 g/mol. The fourth-order valence-electron chi connectivity index (χ4n) is 4.50. The number of benzene rings is 1. The number of nitrogens with one attached hydrogen (secondary N) is 1. The number of hydrogen-bond donors (Lipinski definition) is 1. The van der Waals surface area contributed by atoms with Gasteiger partial charge in [-0.3, -0.25) is 4.79 Å². The van der Waals surface area contributed by atoms with Gasteiger partial charge in [0, 0.05) is 29.2 Å². The second kappa shape index (κ2) is 10.2. The van der Waals surface area contributed by atoms with Gasteiger partial charge in [0.1, 0.15) is 5.01 Å². The number of hydrogen-bond acceptors (Lipinski definition) is 3. The summed E-state index contributed by atoms with van der Waals surface area (Å²) in [5.41, 5.74) is 4.66. The van der Waals surface area contributed by atoms with Crippen LogP contribution < -0.4 is 5.32 Å². The lowest BCUT2D eigenvalue weighted by Gasteiger charge is -2.24. The van der Waals surface area contributed by atoms with Crippen molar-refractivity contribution in [3.63, 3.8) is 0 Å². The molecule has 4 rings (SSSR count). The van der Waals surface area contributed by atoms with Gasteiger partial charge in [0.05, 0.1) is 22.0 Å². The molecule has 0 aliphatic heterocycles. The van der Waals surface area contributed by atoms with Gasteiger partial charge in [0.25, 0.3) is 5.91 Å². The molecule has 0 saturated heterocycles. The maximum absolute atomic E-state index is 13.0. The monoisotopic (exact) mass is 469 g/mol. The highest BCUT2D eigenvalue weighted by molar-refractivity contribution is 7.13. The highest BCUT2D eigenvalue weighted by Crippen LogP contribution is 2.36. The molecule has 1 unspecified atom stereocenters. The van der Waals surface area contributed by atoms with E-state index in [-0.39, 0.29) is 11.9 Å². The quantitative estimate of drug-likeness (QED) is 0.393. The van der Waals surface area contributed by atoms with Crippen LogP contribution in [0.15, 0.2) is 35.7 Å². The van der Waals surface area contributed by atoms with Crippen LogP contribution in [0.3, 0.4) is 0 Å². The van der Waals surface area contributed by atoms with Crippen molar-refractivity contribution in [3.8, 4) is 22.0 Å². The van der Waals surface area contributed by atoms with Crippen LogP contribution >= 0.6 is 22.9 Å². The first-order valence-electron chi connectivity index (χ1n) is 11.7. The molecule has 1 aromatic carbocycles. The van der Waals surface area contributed by atoms with Crippen molar-refractivity contribution in [1.82, 2.24) is 14.9 Å². The van der Waals surface area contributed by atoms with Crippen molar-refractivity contribution in [1.29, 1.82) is 0 Å². The number of amides is 1. The number of nitrogens with zero attached hydrogens (tertiary/aromatic N) is 2. The predicted molar refractivity (Wildman–Crippen MR) is 135 cm³/mol. The third kappa shape index (κ3) is 4.94. The first-order chi connectivity index (χ1) is 15.5. The van der Waals surface area contributed by atoms with E-state index in [1.165, 1.54) is 32.1 Å². The van der Waals surface area contributed by atoms with Gasteiger partial charge < -0.3 is 9.88 Å². The van der Waals surface area contributed by atoms with E-state index in [1.807, 2.05) is 37.3 Å². The third-order valence-electron chi connectivity index (χ3n) is 6.64. The van der Waals surface area contributed by atoms with Gasteiger partial charge in [-0.05, 0) is 51.2 Å². The van der Waals surface area contributed by atoms with E-state index in [0.717, 1.165) is 46.2 Å². The number of thiazole rings is 1. The Balaban J connectivity index is 1.72. The average molecular weight is 470 g/mol. The summed E-state index contributed by atoms with van der Waals surface area (Å²) in [5, 5.41) is 6.82. The summed E-state index contributed by atoms with van der Waals surface area (Å²) in [6.45, 7) is 7.14. The molecule has 170 valence electrons. The van der Waals surface area contributed by atoms with Crippen LogP contribution in [0.25, 0.3) is 22.0 Å². The van der Waals surface area contributed by atoms with Crippen molar-refractivity contribution >= 4 is 28.8 Å². The Morgan fingerprint density at radius 2 is 2.03 bits per heavy atom. The summed E-state index contributed by atoms with van der Waals surface area (Å²) in [6.07, 6.45) is 7.36. The van der Waals surface area contributed by atoms with E-state index in [4.69, 9.17) is 16.6 Å². The Morgan fingerprint density at radius 1 is 1.28 bits per heavy atom. The Labute approximate surface area is 200 Å². The molecule has 0 radical (unpaired) electrons. The lowest BCUT2D eigenvalue weighted by molar-refractivity contribution is 0.0938. The number of carbonyl (C=O) groups is 1. The molecule has 1 atom stereocenters. The zero-order valence-corrected chi connectivity index (χ0v) is 20.7. The molecule has 3 aromatic rings. The summed E-state index contributed by atoms with van der Waals surface area (Å²) in [6, 6.07) is 9.99. The van der Waals surface area contributed by atoms with Crippen molar-refractivity contribution in [2.24, 2.45) is 5.92 Å². The summed E-state index contributed by atoms with van der Waals surface area (Å²) in [5.74, 6) is 0.655. The van der Waals surface area contributed by atoms with Crippen LogP contribution in [0, 0.1) is 12.8 Å². The van der Waals surface area contributed by atoms with Crippen molar-refractivity contribution < 1.29 is 4.79 Å². The van der Waals surface area contributed by atoms with E-state index < -0.39 is 0 Å². The maximum Gasteiger partial charge on any atom is 0.253 e. The van der Waals surface area contributed by atoms with Gasteiger partial charge in [0.2, 0.25) is 0 Å². The zero-order chi connectivity index (χ0) is 22.7. The maximum atomic E-state index is 13.0. The van der Waals surface area contributed by atoms with Crippen molar-refractivity contribution in [3.05, 3.63) is 52.0 Å². The predicted octanol–water partition coefficient (Wildman–Crippen LogP) is 7.35. The standard InChI is InChI=1S/C26H32ClN3OS/c1-4-17(2)28-25(31)21-14-24(30(18(21)3)15-19-10-6-5-7-11-19)23-16-32-26(29-23)20-12-8-9-13-22(20)27/h8-9,12-14,16-17,19H,4-7,10-11,15H2,1-3H3,(H,28,31). The highest BCUT2D eigenvalue weighted by Gasteiger charge is 2.24. The Hall–Kier alpha value is -2.11. The van der Waals surface area contributed by atoms with Crippen molar-refractivity contribution in [2.45, 2.75) is 71.9 Å². The molecule has 0 bridgehead atoms. The number of halogens is 1. The molecule has 6 heteroatoms. The average Bonchev–Trinajstić information content (AvgIpc) is 3.40. The summed E-state index contributed by atoms with van der Waals surface area (Å²) < 4.78 is 2.33.